The minimum absolute atomic E-state index is 0.0245. The van der Waals surface area contributed by atoms with Crippen LogP contribution in [0.15, 0.2) is 29.2 Å². The van der Waals surface area contributed by atoms with E-state index in [1.54, 1.807) is 12.1 Å². The second kappa shape index (κ2) is 4.12. The first-order valence-electron chi connectivity index (χ1n) is 6.48. The van der Waals surface area contributed by atoms with Crippen molar-refractivity contribution in [3.63, 3.8) is 0 Å². The van der Waals surface area contributed by atoms with Gasteiger partial charge in [-0.1, -0.05) is 12.1 Å². The number of benzene rings is 1. The Morgan fingerprint density at radius 1 is 1.19 bits per heavy atom. The Morgan fingerprint density at radius 2 is 1.95 bits per heavy atom. The van der Waals surface area contributed by atoms with E-state index in [4.69, 9.17) is 9.47 Å². The maximum atomic E-state index is 12.6. The number of ketones is 1. The zero-order valence-corrected chi connectivity index (χ0v) is 11.6. The van der Waals surface area contributed by atoms with Gasteiger partial charge >= 0.3 is 0 Å². The molecule has 2 bridgehead atoms. The van der Waals surface area contributed by atoms with Crippen LogP contribution in [0.25, 0.3) is 0 Å². The average Bonchev–Trinajstić information content (AvgIpc) is 2.97. The van der Waals surface area contributed by atoms with Gasteiger partial charge in [0.25, 0.3) is 15.9 Å². The number of sulfonamides is 1. The molecule has 3 atom stereocenters. The van der Waals surface area contributed by atoms with E-state index in [-0.39, 0.29) is 29.3 Å². The van der Waals surface area contributed by atoms with E-state index in [1.807, 2.05) is 0 Å². The van der Waals surface area contributed by atoms with Crippen LogP contribution in [0, 0.1) is 0 Å². The molecule has 1 aromatic rings. The molecular weight excluding hydrogens is 298 g/mol. The molecular formula is C13H11NO6S. The highest BCUT2D eigenvalue weighted by Gasteiger charge is 2.53. The summed E-state index contributed by atoms with van der Waals surface area (Å²) < 4.78 is 36.4. The van der Waals surface area contributed by atoms with E-state index in [2.05, 4.69) is 0 Å². The predicted octanol–water partition coefficient (Wildman–Crippen LogP) is -0.0860. The van der Waals surface area contributed by atoms with Gasteiger partial charge in [0.05, 0.1) is 18.2 Å². The van der Waals surface area contributed by atoms with Crippen molar-refractivity contribution in [2.45, 2.75) is 29.8 Å². The van der Waals surface area contributed by atoms with Crippen LogP contribution in [0.2, 0.25) is 0 Å². The highest BCUT2D eigenvalue weighted by Crippen LogP contribution is 2.37. The third kappa shape index (κ3) is 1.63. The number of nitrogens with zero attached hydrogens (tertiary/aromatic N) is 1. The molecule has 3 aliphatic heterocycles. The lowest BCUT2D eigenvalue weighted by Crippen LogP contribution is -2.52. The van der Waals surface area contributed by atoms with Gasteiger partial charge in [-0.15, -0.1) is 0 Å². The fourth-order valence-corrected chi connectivity index (χ4v) is 4.77. The molecule has 0 N–H and O–H groups in total. The summed E-state index contributed by atoms with van der Waals surface area (Å²) in [5.41, 5.74) is 0.131. The summed E-state index contributed by atoms with van der Waals surface area (Å²) in [6.07, 6.45) is -1.59. The van der Waals surface area contributed by atoms with Gasteiger partial charge in [-0.05, 0) is 12.1 Å². The summed E-state index contributed by atoms with van der Waals surface area (Å²) in [5, 5.41) is 0. The SMILES string of the molecule is O=C1CC(N2C(=O)c3ccccc3S2(=O)=O)[C@H]2CO[C@@H]1O2. The number of hydrogen-bond acceptors (Lipinski definition) is 6. The summed E-state index contributed by atoms with van der Waals surface area (Å²) in [4.78, 5) is 24.2. The number of carbonyl (C=O) groups excluding carboxylic acids is 2. The molecule has 110 valence electrons. The lowest BCUT2D eigenvalue weighted by atomic mass is 10.0. The van der Waals surface area contributed by atoms with Crippen LogP contribution < -0.4 is 0 Å². The minimum Gasteiger partial charge on any atom is -0.343 e. The van der Waals surface area contributed by atoms with Gasteiger partial charge in [0.15, 0.2) is 5.78 Å². The molecule has 2 saturated heterocycles. The van der Waals surface area contributed by atoms with E-state index in [9.17, 15) is 18.0 Å². The Balaban J connectivity index is 1.80. The van der Waals surface area contributed by atoms with Crippen molar-refractivity contribution in [2.75, 3.05) is 6.61 Å². The molecule has 0 radical (unpaired) electrons. The summed E-state index contributed by atoms with van der Waals surface area (Å²) >= 11 is 0. The molecule has 1 aromatic carbocycles. The van der Waals surface area contributed by atoms with Crippen LogP contribution >= 0.6 is 0 Å². The number of hydrogen-bond donors (Lipinski definition) is 0. The third-order valence-electron chi connectivity index (χ3n) is 3.97. The Bertz CT molecular complexity index is 758. The van der Waals surface area contributed by atoms with E-state index in [0.29, 0.717) is 0 Å². The predicted molar refractivity (Wildman–Crippen MR) is 67.8 cm³/mol. The van der Waals surface area contributed by atoms with Crippen LogP contribution in [0.4, 0.5) is 0 Å². The van der Waals surface area contributed by atoms with Crippen molar-refractivity contribution >= 4 is 21.7 Å². The Morgan fingerprint density at radius 3 is 2.71 bits per heavy atom. The van der Waals surface area contributed by atoms with E-state index < -0.39 is 34.4 Å². The summed E-state index contributed by atoms with van der Waals surface area (Å²) in [5.74, 6) is -0.954. The first-order valence-corrected chi connectivity index (χ1v) is 7.92. The van der Waals surface area contributed by atoms with Crippen LogP contribution in [0.5, 0.6) is 0 Å². The minimum atomic E-state index is -3.95. The topological polar surface area (TPSA) is 90.0 Å². The average molecular weight is 309 g/mol. The molecule has 0 spiro atoms. The van der Waals surface area contributed by atoms with Gasteiger partial charge in [-0.3, -0.25) is 9.59 Å². The monoisotopic (exact) mass is 309 g/mol. The maximum absolute atomic E-state index is 12.6. The number of ether oxygens (including phenoxy) is 2. The zero-order chi connectivity index (χ0) is 14.8. The van der Waals surface area contributed by atoms with Gasteiger partial charge in [-0.25, -0.2) is 12.7 Å². The largest absolute Gasteiger partial charge is 0.343 e. The fraction of sp³-hybridized carbons (Fsp3) is 0.385. The van der Waals surface area contributed by atoms with Crippen molar-refractivity contribution in [2.24, 2.45) is 0 Å². The summed E-state index contributed by atoms with van der Waals surface area (Å²) in [6, 6.07) is 5.18. The van der Waals surface area contributed by atoms with Gasteiger partial charge in [0, 0.05) is 6.42 Å². The first-order chi connectivity index (χ1) is 10.00. The van der Waals surface area contributed by atoms with Crippen LogP contribution in [-0.2, 0) is 24.3 Å². The van der Waals surface area contributed by atoms with E-state index >= 15 is 0 Å². The molecule has 8 heteroatoms. The molecule has 1 unspecified atom stereocenters. The van der Waals surface area contributed by atoms with Crippen molar-refractivity contribution in [3.05, 3.63) is 29.8 Å². The molecule has 0 saturated carbocycles. The second-order valence-electron chi connectivity index (χ2n) is 5.18. The number of Topliss-reactive ketones (excluding diaryl/α,β-unsaturated/α-hetero) is 1. The number of fused-ring (bicyclic) bond motifs is 3. The number of rotatable bonds is 1. The zero-order valence-electron chi connectivity index (χ0n) is 10.8. The molecule has 21 heavy (non-hydrogen) atoms. The summed E-state index contributed by atoms with van der Waals surface area (Å²) in [6.45, 7) is 0.108. The van der Waals surface area contributed by atoms with Gasteiger partial charge < -0.3 is 9.47 Å². The van der Waals surface area contributed by atoms with Gasteiger partial charge in [0.2, 0.25) is 6.29 Å². The summed E-state index contributed by atoms with van der Waals surface area (Å²) in [7, 11) is -3.95. The lowest BCUT2D eigenvalue weighted by molar-refractivity contribution is -0.155. The standard InChI is InChI=1S/C13H11NO6S/c15-9-5-8(10-6-19-13(9)20-10)14-12(16)7-3-1-2-4-11(7)21(14,17)18/h1-4,8,10,13H,5-6H2/t8?,10-,13-/m1/s1. The van der Waals surface area contributed by atoms with Crippen LogP contribution in [0.1, 0.15) is 16.8 Å². The first kappa shape index (κ1) is 12.9. The molecule has 3 heterocycles. The Kier molecular flexibility index (Phi) is 2.54. The number of carbonyl (C=O) groups is 2. The maximum Gasteiger partial charge on any atom is 0.269 e. The second-order valence-corrected chi connectivity index (χ2v) is 6.96. The third-order valence-corrected chi connectivity index (χ3v) is 5.83. The molecule has 3 aliphatic rings. The molecule has 0 aliphatic carbocycles. The van der Waals surface area contributed by atoms with E-state index in [1.165, 1.54) is 12.1 Å². The molecule has 2 fully saturated rings. The van der Waals surface area contributed by atoms with Crippen molar-refractivity contribution in [3.8, 4) is 0 Å². The molecule has 0 aromatic heterocycles. The molecule has 4 rings (SSSR count). The highest BCUT2D eigenvalue weighted by molar-refractivity contribution is 7.90. The van der Waals surface area contributed by atoms with Crippen molar-refractivity contribution in [1.82, 2.24) is 4.31 Å². The lowest BCUT2D eigenvalue weighted by Gasteiger charge is -2.32. The highest BCUT2D eigenvalue weighted by atomic mass is 32.2. The molecule has 7 nitrogen and oxygen atoms in total. The van der Waals surface area contributed by atoms with Crippen molar-refractivity contribution < 1.29 is 27.5 Å². The normalized spacial score (nSPS) is 33.3. The Labute approximate surface area is 120 Å². The fourth-order valence-electron chi connectivity index (χ4n) is 2.99. The smallest absolute Gasteiger partial charge is 0.269 e. The van der Waals surface area contributed by atoms with Crippen LogP contribution in [-0.4, -0.2) is 49.5 Å². The van der Waals surface area contributed by atoms with E-state index in [0.717, 1.165) is 4.31 Å². The van der Waals surface area contributed by atoms with Crippen LogP contribution in [0.3, 0.4) is 0 Å². The molecule has 1 amide bonds. The van der Waals surface area contributed by atoms with Gasteiger partial charge in [0.1, 0.15) is 11.0 Å². The number of amides is 1. The quantitative estimate of drug-likeness (QED) is 0.720. The Hall–Kier alpha value is -1.77. The van der Waals surface area contributed by atoms with Gasteiger partial charge in [-0.2, -0.15) is 0 Å². The van der Waals surface area contributed by atoms with Crippen molar-refractivity contribution in [1.29, 1.82) is 0 Å².